The van der Waals surface area contributed by atoms with Crippen LogP contribution >= 0.6 is 15.9 Å². The molecule has 1 nitrogen and oxygen atoms in total. The fourth-order valence-electron chi connectivity index (χ4n) is 1.54. The molecule has 0 amide bonds. The molecule has 90 valence electrons. The van der Waals surface area contributed by atoms with Gasteiger partial charge in [0.1, 0.15) is 5.82 Å². The van der Waals surface area contributed by atoms with Crippen LogP contribution in [0, 0.1) is 17.2 Å². The van der Waals surface area contributed by atoms with Gasteiger partial charge in [0.25, 0.3) is 0 Å². The van der Waals surface area contributed by atoms with Gasteiger partial charge in [-0.15, -0.1) is 0 Å². The van der Waals surface area contributed by atoms with E-state index in [1.165, 1.54) is 6.07 Å². The molecule has 0 aliphatic heterocycles. The van der Waals surface area contributed by atoms with Crippen molar-refractivity contribution in [1.82, 2.24) is 0 Å². The first-order chi connectivity index (χ1) is 7.39. The van der Waals surface area contributed by atoms with Crippen LogP contribution in [0.25, 0.3) is 0 Å². The molecule has 0 aliphatic carbocycles. The Balaban J connectivity index is 2.95. The molecule has 0 fully saturated rings. The van der Waals surface area contributed by atoms with E-state index in [9.17, 15) is 9.50 Å². The summed E-state index contributed by atoms with van der Waals surface area (Å²) in [6.07, 6.45) is 0.556. The summed E-state index contributed by atoms with van der Waals surface area (Å²) in [5, 5.41) is 9.43. The van der Waals surface area contributed by atoms with E-state index >= 15 is 0 Å². The van der Waals surface area contributed by atoms with Crippen molar-refractivity contribution < 1.29 is 9.50 Å². The highest BCUT2D eigenvalue weighted by molar-refractivity contribution is 9.10. The molecule has 0 aromatic heterocycles. The molecule has 1 rings (SSSR count). The van der Waals surface area contributed by atoms with E-state index in [0.29, 0.717) is 17.9 Å². The van der Waals surface area contributed by atoms with E-state index in [1.54, 1.807) is 6.07 Å². The number of aliphatic hydroxyl groups is 1. The summed E-state index contributed by atoms with van der Waals surface area (Å²) in [6, 6.07) is 5.07. The van der Waals surface area contributed by atoms with Crippen LogP contribution in [0.1, 0.15) is 26.3 Å². The lowest BCUT2D eigenvalue weighted by Crippen LogP contribution is -2.30. The van der Waals surface area contributed by atoms with E-state index in [-0.39, 0.29) is 17.8 Å². The maximum Gasteiger partial charge on any atom is 0.127 e. The molecule has 16 heavy (non-hydrogen) atoms. The fraction of sp³-hybridized carbons (Fsp3) is 0.538. The minimum absolute atomic E-state index is 0.0696. The molecule has 0 aliphatic rings. The molecule has 0 heterocycles. The number of hydrogen-bond donors (Lipinski definition) is 1. The average Bonchev–Trinajstić information content (AvgIpc) is 2.22. The van der Waals surface area contributed by atoms with Gasteiger partial charge in [0.15, 0.2) is 0 Å². The Kier molecular flexibility index (Phi) is 4.51. The Morgan fingerprint density at radius 3 is 2.50 bits per heavy atom. The van der Waals surface area contributed by atoms with Crippen LogP contribution in [0.15, 0.2) is 22.7 Å². The number of hydrogen-bond acceptors (Lipinski definition) is 1. The molecular weight excluding hydrogens is 271 g/mol. The Hall–Kier alpha value is -0.410. The molecule has 0 saturated carbocycles. The van der Waals surface area contributed by atoms with Crippen LogP contribution < -0.4 is 0 Å². The first-order valence-electron chi connectivity index (χ1n) is 5.44. The zero-order chi connectivity index (χ0) is 12.3. The topological polar surface area (TPSA) is 20.2 Å². The second-order valence-corrected chi connectivity index (χ2v) is 5.80. The third-order valence-electron chi connectivity index (χ3n) is 3.36. The van der Waals surface area contributed by atoms with Crippen LogP contribution in [-0.2, 0) is 6.42 Å². The molecule has 0 saturated heterocycles. The Morgan fingerprint density at radius 2 is 2.06 bits per heavy atom. The molecule has 1 unspecified atom stereocenters. The minimum atomic E-state index is -0.269. The lowest BCUT2D eigenvalue weighted by Gasteiger charge is -2.32. The highest BCUT2D eigenvalue weighted by Gasteiger charge is 2.28. The highest BCUT2D eigenvalue weighted by atomic mass is 79.9. The third kappa shape index (κ3) is 3.05. The molecule has 1 aromatic carbocycles. The van der Waals surface area contributed by atoms with Crippen molar-refractivity contribution in [3.63, 3.8) is 0 Å². The van der Waals surface area contributed by atoms with Gasteiger partial charge in [0, 0.05) is 11.1 Å². The van der Waals surface area contributed by atoms with Crippen molar-refractivity contribution in [3.8, 4) is 0 Å². The van der Waals surface area contributed by atoms with E-state index in [2.05, 4.69) is 15.9 Å². The van der Waals surface area contributed by atoms with Gasteiger partial charge < -0.3 is 5.11 Å². The van der Waals surface area contributed by atoms with Crippen molar-refractivity contribution in [2.24, 2.45) is 11.3 Å². The zero-order valence-corrected chi connectivity index (χ0v) is 11.5. The predicted octanol–water partition coefficient (Wildman–Crippen LogP) is 3.79. The van der Waals surface area contributed by atoms with Crippen LogP contribution in [0.3, 0.4) is 0 Å². The third-order valence-corrected chi connectivity index (χ3v) is 3.86. The van der Waals surface area contributed by atoms with Crippen LogP contribution in [-0.4, -0.2) is 11.7 Å². The van der Waals surface area contributed by atoms with Crippen LogP contribution in [0.2, 0.25) is 0 Å². The molecule has 0 spiro atoms. The Morgan fingerprint density at radius 1 is 1.44 bits per heavy atom. The number of halogens is 2. The average molecular weight is 289 g/mol. The maximum atomic E-state index is 13.7. The standard InChI is InChI=1S/C13H18BrFO/c1-9(2)13(3,8-16)7-10-4-5-11(14)6-12(10)15/h4-6,9,16H,7-8H2,1-3H3. The van der Waals surface area contributed by atoms with E-state index in [0.717, 1.165) is 4.47 Å². The SMILES string of the molecule is CC(C)C(C)(CO)Cc1ccc(Br)cc1F. The largest absolute Gasteiger partial charge is 0.396 e. The second kappa shape index (κ2) is 5.28. The first kappa shape index (κ1) is 13.7. The van der Waals surface area contributed by atoms with Gasteiger partial charge >= 0.3 is 0 Å². The van der Waals surface area contributed by atoms with Crippen molar-refractivity contribution >= 4 is 15.9 Å². The summed E-state index contributed by atoms with van der Waals surface area (Å²) in [6.45, 7) is 6.15. The normalized spacial score (nSPS) is 15.2. The monoisotopic (exact) mass is 288 g/mol. The summed E-state index contributed by atoms with van der Waals surface area (Å²) >= 11 is 3.23. The molecule has 0 radical (unpaired) electrons. The number of aliphatic hydroxyl groups excluding tert-OH is 1. The van der Waals surface area contributed by atoms with Crippen molar-refractivity contribution in [3.05, 3.63) is 34.1 Å². The van der Waals surface area contributed by atoms with Crippen LogP contribution in [0.5, 0.6) is 0 Å². The van der Waals surface area contributed by atoms with Crippen LogP contribution in [0.4, 0.5) is 4.39 Å². The highest BCUT2D eigenvalue weighted by Crippen LogP contribution is 2.32. The Labute approximate surface area is 105 Å². The van der Waals surface area contributed by atoms with Crippen molar-refractivity contribution in [1.29, 1.82) is 0 Å². The second-order valence-electron chi connectivity index (χ2n) is 4.88. The molecule has 1 atom stereocenters. The van der Waals surface area contributed by atoms with E-state index < -0.39 is 0 Å². The zero-order valence-electron chi connectivity index (χ0n) is 9.93. The van der Waals surface area contributed by atoms with E-state index in [1.807, 2.05) is 26.8 Å². The maximum absolute atomic E-state index is 13.7. The fourth-order valence-corrected chi connectivity index (χ4v) is 1.88. The summed E-state index contributed by atoms with van der Waals surface area (Å²) in [7, 11) is 0. The predicted molar refractivity (Wildman–Crippen MR) is 67.8 cm³/mol. The molecule has 1 N–H and O–H groups in total. The minimum Gasteiger partial charge on any atom is -0.396 e. The van der Waals surface area contributed by atoms with Gasteiger partial charge in [-0.1, -0.05) is 42.8 Å². The Bertz CT molecular complexity index is 365. The van der Waals surface area contributed by atoms with Crippen molar-refractivity contribution in [2.75, 3.05) is 6.61 Å². The molecular formula is C13H18BrFO. The van der Waals surface area contributed by atoms with E-state index in [4.69, 9.17) is 0 Å². The summed E-state index contributed by atoms with van der Waals surface area (Å²) in [5.74, 6) is 0.0928. The summed E-state index contributed by atoms with van der Waals surface area (Å²) in [5.41, 5.74) is 0.391. The van der Waals surface area contributed by atoms with Gasteiger partial charge in [-0.05, 0) is 35.4 Å². The molecule has 3 heteroatoms. The lowest BCUT2D eigenvalue weighted by molar-refractivity contribution is 0.0938. The van der Waals surface area contributed by atoms with Gasteiger partial charge in [0.2, 0.25) is 0 Å². The molecule has 1 aromatic rings. The van der Waals surface area contributed by atoms with Gasteiger partial charge in [-0.25, -0.2) is 4.39 Å². The summed E-state index contributed by atoms with van der Waals surface area (Å²) < 4.78 is 14.4. The van der Waals surface area contributed by atoms with Gasteiger partial charge in [-0.2, -0.15) is 0 Å². The van der Waals surface area contributed by atoms with Gasteiger partial charge in [0.05, 0.1) is 0 Å². The first-order valence-corrected chi connectivity index (χ1v) is 6.23. The lowest BCUT2D eigenvalue weighted by atomic mass is 9.75. The number of rotatable bonds is 4. The number of benzene rings is 1. The smallest absolute Gasteiger partial charge is 0.127 e. The summed E-state index contributed by atoms with van der Waals surface area (Å²) in [4.78, 5) is 0. The molecule has 0 bridgehead atoms. The van der Waals surface area contributed by atoms with Gasteiger partial charge in [-0.3, -0.25) is 0 Å². The quantitative estimate of drug-likeness (QED) is 0.894. The van der Waals surface area contributed by atoms with Crippen molar-refractivity contribution in [2.45, 2.75) is 27.2 Å².